The zero-order valence-corrected chi connectivity index (χ0v) is 16.8. The molecule has 0 spiro atoms. The van der Waals surface area contributed by atoms with Crippen molar-refractivity contribution in [2.75, 3.05) is 26.7 Å². The van der Waals surface area contributed by atoms with Crippen molar-refractivity contribution < 1.29 is 27.4 Å². The van der Waals surface area contributed by atoms with Crippen LogP contribution in [0.4, 0.5) is 17.6 Å². The largest absolute Gasteiger partial charge is 0.416 e. The van der Waals surface area contributed by atoms with Crippen molar-refractivity contribution in [3.8, 4) is 0 Å². The van der Waals surface area contributed by atoms with Gasteiger partial charge in [0.05, 0.1) is 17.8 Å². The molecule has 1 atom stereocenters. The van der Waals surface area contributed by atoms with Gasteiger partial charge in [0.25, 0.3) is 0 Å². The summed E-state index contributed by atoms with van der Waals surface area (Å²) >= 11 is 0. The highest BCUT2D eigenvalue weighted by molar-refractivity contribution is 5.85. The standard InChI is InChI=1S/C21H23F4NO2.ClH/c1-26-9-7-20(8-10-26,16-5-3-2-4-6-16)28-19(14-27)15-11-17(21(23,24)25)13-18(22)12-15;/h2-6,11-13,19,27H,7-10,14H2,1H3;1H. The number of alkyl halides is 3. The Morgan fingerprint density at radius 2 is 1.72 bits per heavy atom. The van der Waals surface area contributed by atoms with Gasteiger partial charge in [0.1, 0.15) is 11.9 Å². The Bertz CT molecular complexity index is 793. The second-order valence-electron chi connectivity index (χ2n) is 7.22. The quantitative estimate of drug-likeness (QED) is 0.678. The molecule has 29 heavy (non-hydrogen) atoms. The second kappa shape index (κ2) is 9.43. The van der Waals surface area contributed by atoms with Crippen LogP contribution in [0.5, 0.6) is 0 Å². The van der Waals surface area contributed by atoms with Crippen LogP contribution in [-0.2, 0) is 16.5 Å². The Balaban J connectivity index is 0.00000300. The number of rotatable bonds is 5. The molecule has 1 N–H and O–H groups in total. The molecule has 1 fully saturated rings. The minimum atomic E-state index is -4.68. The number of benzene rings is 2. The number of ether oxygens (including phenoxy) is 1. The molecule has 1 unspecified atom stereocenters. The lowest BCUT2D eigenvalue weighted by molar-refractivity contribution is -0.144. The summed E-state index contributed by atoms with van der Waals surface area (Å²) in [5.41, 5.74) is -0.981. The van der Waals surface area contributed by atoms with Crippen LogP contribution >= 0.6 is 12.4 Å². The first-order valence-corrected chi connectivity index (χ1v) is 9.14. The second-order valence-corrected chi connectivity index (χ2v) is 7.22. The number of halogens is 5. The van der Waals surface area contributed by atoms with E-state index in [1.54, 1.807) is 0 Å². The molecule has 0 amide bonds. The van der Waals surface area contributed by atoms with E-state index in [2.05, 4.69) is 4.90 Å². The average molecular weight is 434 g/mol. The van der Waals surface area contributed by atoms with Gasteiger partial charge in [0.15, 0.2) is 0 Å². The fourth-order valence-electron chi connectivity index (χ4n) is 3.64. The normalized spacial score (nSPS) is 18.1. The number of aliphatic hydroxyl groups is 1. The molecular weight excluding hydrogens is 410 g/mol. The summed E-state index contributed by atoms with van der Waals surface area (Å²) in [6.45, 7) is 0.930. The first-order chi connectivity index (χ1) is 13.2. The molecule has 3 rings (SSSR count). The van der Waals surface area contributed by atoms with Crippen molar-refractivity contribution in [3.05, 3.63) is 71.0 Å². The maximum absolute atomic E-state index is 13.9. The van der Waals surface area contributed by atoms with Crippen molar-refractivity contribution in [3.63, 3.8) is 0 Å². The van der Waals surface area contributed by atoms with E-state index in [1.807, 2.05) is 37.4 Å². The molecule has 0 aromatic heterocycles. The summed E-state index contributed by atoms with van der Waals surface area (Å²) in [4.78, 5) is 2.14. The van der Waals surface area contributed by atoms with Gasteiger partial charge in [-0.15, -0.1) is 12.4 Å². The van der Waals surface area contributed by atoms with Crippen LogP contribution in [0, 0.1) is 5.82 Å². The molecule has 0 aliphatic carbocycles. The molecule has 8 heteroatoms. The lowest BCUT2D eigenvalue weighted by Crippen LogP contribution is -2.43. The highest BCUT2D eigenvalue weighted by Crippen LogP contribution is 2.41. The lowest BCUT2D eigenvalue weighted by atomic mass is 9.83. The minimum absolute atomic E-state index is 0. The molecule has 1 aliphatic heterocycles. The zero-order valence-electron chi connectivity index (χ0n) is 16.0. The smallest absolute Gasteiger partial charge is 0.393 e. The predicted octanol–water partition coefficient (Wildman–Crippen LogP) is 4.94. The number of hydrogen-bond acceptors (Lipinski definition) is 3. The Morgan fingerprint density at radius 1 is 1.10 bits per heavy atom. The van der Waals surface area contributed by atoms with Crippen LogP contribution in [0.15, 0.2) is 48.5 Å². The maximum Gasteiger partial charge on any atom is 0.416 e. The van der Waals surface area contributed by atoms with Gasteiger partial charge in [-0.1, -0.05) is 30.3 Å². The number of hydrogen-bond donors (Lipinski definition) is 1. The van der Waals surface area contributed by atoms with Gasteiger partial charge in [0.2, 0.25) is 0 Å². The van der Waals surface area contributed by atoms with Crippen LogP contribution in [0.1, 0.15) is 35.6 Å². The summed E-state index contributed by atoms with van der Waals surface area (Å²) in [6.07, 6.45) is -4.52. The summed E-state index contributed by atoms with van der Waals surface area (Å²) in [7, 11) is 1.99. The van der Waals surface area contributed by atoms with Crippen LogP contribution in [-0.4, -0.2) is 36.8 Å². The van der Waals surface area contributed by atoms with E-state index in [0.717, 1.165) is 30.8 Å². The van der Waals surface area contributed by atoms with E-state index < -0.39 is 35.9 Å². The van der Waals surface area contributed by atoms with E-state index in [1.165, 1.54) is 0 Å². The molecule has 1 saturated heterocycles. The van der Waals surface area contributed by atoms with Gasteiger partial charge in [-0.25, -0.2) is 4.39 Å². The molecule has 160 valence electrons. The topological polar surface area (TPSA) is 32.7 Å². The summed E-state index contributed by atoms with van der Waals surface area (Å²) in [5, 5.41) is 9.87. The molecule has 2 aromatic rings. The lowest BCUT2D eigenvalue weighted by Gasteiger charge is -2.43. The average Bonchev–Trinajstić information content (AvgIpc) is 2.67. The van der Waals surface area contributed by atoms with Crippen LogP contribution in [0.3, 0.4) is 0 Å². The fourth-order valence-corrected chi connectivity index (χ4v) is 3.64. The summed E-state index contributed by atoms with van der Waals surface area (Å²) in [6, 6.07) is 11.7. The van der Waals surface area contributed by atoms with Gasteiger partial charge >= 0.3 is 6.18 Å². The van der Waals surface area contributed by atoms with Crippen molar-refractivity contribution in [1.82, 2.24) is 4.90 Å². The minimum Gasteiger partial charge on any atom is -0.393 e. The van der Waals surface area contributed by atoms with Gasteiger partial charge in [-0.2, -0.15) is 13.2 Å². The van der Waals surface area contributed by atoms with Crippen molar-refractivity contribution in [2.24, 2.45) is 0 Å². The van der Waals surface area contributed by atoms with Gasteiger partial charge in [-0.05, 0) is 49.2 Å². The summed E-state index contributed by atoms with van der Waals surface area (Å²) in [5.74, 6) is -1.01. The molecule has 0 bridgehead atoms. The van der Waals surface area contributed by atoms with E-state index in [0.29, 0.717) is 18.9 Å². The third kappa shape index (κ3) is 5.48. The van der Waals surface area contributed by atoms with Crippen molar-refractivity contribution in [1.29, 1.82) is 0 Å². The van der Waals surface area contributed by atoms with Crippen LogP contribution < -0.4 is 0 Å². The third-order valence-corrected chi connectivity index (χ3v) is 5.25. The van der Waals surface area contributed by atoms with Crippen molar-refractivity contribution in [2.45, 2.75) is 30.7 Å². The highest BCUT2D eigenvalue weighted by atomic mass is 35.5. The Morgan fingerprint density at radius 3 is 2.28 bits per heavy atom. The fraction of sp³-hybridized carbons (Fsp3) is 0.429. The van der Waals surface area contributed by atoms with Gasteiger partial charge in [0, 0.05) is 13.1 Å². The van der Waals surface area contributed by atoms with Crippen LogP contribution in [0.25, 0.3) is 0 Å². The van der Waals surface area contributed by atoms with E-state index >= 15 is 0 Å². The van der Waals surface area contributed by atoms with Crippen molar-refractivity contribution >= 4 is 12.4 Å². The SMILES string of the molecule is CN1CCC(OC(CO)c2cc(F)cc(C(F)(F)F)c2)(c2ccccc2)CC1.Cl. The molecule has 2 aromatic carbocycles. The zero-order chi connectivity index (χ0) is 20.4. The monoisotopic (exact) mass is 433 g/mol. The Hall–Kier alpha value is -1.67. The first kappa shape index (κ1) is 23.6. The molecule has 0 radical (unpaired) electrons. The predicted molar refractivity (Wildman–Crippen MR) is 104 cm³/mol. The molecule has 1 aliphatic rings. The summed E-state index contributed by atoms with van der Waals surface area (Å²) < 4.78 is 59.4. The van der Waals surface area contributed by atoms with E-state index in [-0.39, 0.29) is 18.0 Å². The first-order valence-electron chi connectivity index (χ1n) is 9.14. The number of nitrogens with zero attached hydrogens (tertiary/aromatic N) is 1. The Labute approximate surface area is 173 Å². The molecule has 0 saturated carbocycles. The highest BCUT2D eigenvalue weighted by Gasteiger charge is 2.39. The number of piperidine rings is 1. The van der Waals surface area contributed by atoms with Crippen LogP contribution in [0.2, 0.25) is 0 Å². The Kier molecular flexibility index (Phi) is 7.67. The molecule has 1 heterocycles. The maximum atomic E-state index is 13.9. The third-order valence-electron chi connectivity index (χ3n) is 5.25. The molecular formula is C21H24ClF4NO2. The van der Waals surface area contributed by atoms with Gasteiger partial charge < -0.3 is 14.7 Å². The van der Waals surface area contributed by atoms with E-state index in [9.17, 15) is 22.7 Å². The van der Waals surface area contributed by atoms with Gasteiger partial charge in [-0.3, -0.25) is 0 Å². The number of aliphatic hydroxyl groups excluding tert-OH is 1. The van der Waals surface area contributed by atoms with E-state index in [4.69, 9.17) is 4.74 Å². The number of likely N-dealkylation sites (tertiary alicyclic amines) is 1. The molecule has 3 nitrogen and oxygen atoms in total.